The van der Waals surface area contributed by atoms with Crippen molar-refractivity contribution in [3.05, 3.63) is 17.5 Å². The van der Waals surface area contributed by atoms with Crippen LogP contribution in [0.4, 0.5) is 5.95 Å². The van der Waals surface area contributed by atoms with Crippen LogP contribution in [0.2, 0.25) is 0 Å². The molecule has 0 bridgehead atoms. The van der Waals surface area contributed by atoms with Crippen molar-refractivity contribution in [1.29, 1.82) is 0 Å². The van der Waals surface area contributed by atoms with Gasteiger partial charge in [-0.1, -0.05) is 26.2 Å². The summed E-state index contributed by atoms with van der Waals surface area (Å²) in [5, 5.41) is 10.0. The maximum atomic E-state index is 12.6. The lowest BCUT2D eigenvalue weighted by Gasteiger charge is -2.32. The lowest BCUT2D eigenvalue weighted by atomic mass is 10.0. The quantitative estimate of drug-likeness (QED) is 0.198. The summed E-state index contributed by atoms with van der Waals surface area (Å²) >= 11 is 0. The molecule has 1 saturated heterocycles. The molecule has 1 atom stereocenters. The molecule has 1 fully saturated rings. The molecule has 0 saturated carbocycles. The Bertz CT molecular complexity index is 680. The van der Waals surface area contributed by atoms with Gasteiger partial charge in [-0.25, -0.2) is 15.0 Å². The van der Waals surface area contributed by atoms with Gasteiger partial charge in [0.2, 0.25) is 18.3 Å². The average Bonchev–Trinajstić information content (AvgIpc) is 2.72. The number of hydrogen-bond acceptors (Lipinski definition) is 8. The molecule has 1 aliphatic rings. The minimum absolute atomic E-state index is 0.0515. The Kier molecular flexibility index (Phi) is 9.92. The molecule has 2 heterocycles. The third-order valence-electron chi connectivity index (χ3n) is 5.24. The fourth-order valence-corrected chi connectivity index (χ4v) is 3.44. The van der Waals surface area contributed by atoms with Crippen LogP contribution >= 0.6 is 0 Å². The molecule has 30 heavy (non-hydrogen) atoms. The second-order valence-electron chi connectivity index (χ2n) is 7.94. The monoisotopic (exact) mass is 421 g/mol. The number of likely N-dealkylation sites (N-methyl/N-ethyl adjacent to an activating group) is 1. The van der Waals surface area contributed by atoms with Crippen LogP contribution < -0.4 is 10.9 Å². The number of hydrazine groups is 1. The second kappa shape index (κ2) is 12.4. The molecule has 168 valence electrons. The zero-order valence-corrected chi connectivity index (χ0v) is 18.3. The molecule has 1 aromatic heterocycles. The molecular formula is C20H35N7O3. The first-order valence-electron chi connectivity index (χ1n) is 10.6. The van der Waals surface area contributed by atoms with Gasteiger partial charge in [-0.2, -0.15) is 0 Å². The summed E-state index contributed by atoms with van der Waals surface area (Å²) < 4.78 is 0. The van der Waals surface area contributed by atoms with Crippen molar-refractivity contribution in [2.45, 2.75) is 46.1 Å². The number of nitrogens with one attached hydrogen (secondary N) is 2. The Labute approximate surface area is 178 Å². The molecule has 1 aliphatic heterocycles. The van der Waals surface area contributed by atoms with E-state index in [9.17, 15) is 14.8 Å². The number of amides is 2. The molecule has 1 aromatic rings. The van der Waals surface area contributed by atoms with Gasteiger partial charge in [-0.15, -0.1) is 0 Å². The maximum absolute atomic E-state index is 12.6. The molecular weight excluding hydrogens is 386 g/mol. The van der Waals surface area contributed by atoms with Crippen LogP contribution in [0.5, 0.6) is 0 Å². The number of carbonyl (C=O) groups excluding carboxylic acids is 2. The maximum Gasteiger partial charge on any atom is 0.243 e. The molecule has 10 nitrogen and oxygen atoms in total. The fourth-order valence-electron chi connectivity index (χ4n) is 3.44. The van der Waals surface area contributed by atoms with Crippen LogP contribution in [0.25, 0.3) is 0 Å². The van der Waals surface area contributed by atoms with Crippen LogP contribution in [0.3, 0.4) is 0 Å². The number of unbranched alkanes of at least 4 members (excludes halogenated alkanes) is 2. The number of hydrogen-bond donors (Lipinski definition) is 3. The number of aromatic nitrogens is 2. The Balaban J connectivity index is 1.94. The van der Waals surface area contributed by atoms with Crippen molar-refractivity contribution in [3.8, 4) is 0 Å². The number of rotatable bonds is 12. The van der Waals surface area contributed by atoms with Crippen LogP contribution in [-0.4, -0.2) is 82.1 Å². The topological polar surface area (TPSA) is 114 Å². The number of aryl methyl sites for hydroxylation is 1. The van der Waals surface area contributed by atoms with Crippen molar-refractivity contribution in [2.24, 2.45) is 5.92 Å². The number of carbonyl (C=O) groups is 2. The van der Waals surface area contributed by atoms with E-state index < -0.39 is 5.92 Å². The van der Waals surface area contributed by atoms with E-state index in [0.717, 1.165) is 63.4 Å². The predicted molar refractivity (Wildman–Crippen MR) is 113 cm³/mol. The van der Waals surface area contributed by atoms with Crippen molar-refractivity contribution in [1.82, 2.24) is 30.3 Å². The summed E-state index contributed by atoms with van der Waals surface area (Å²) in [4.78, 5) is 36.8. The first kappa shape index (κ1) is 24.0. The van der Waals surface area contributed by atoms with Crippen LogP contribution in [-0.2, 0) is 16.1 Å². The van der Waals surface area contributed by atoms with Crippen molar-refractivity contribution in [3.63, 3.8) is 0 Å². The molecule has 2 rings (SSSR count). The molecule has 0 unspecified atom stereocenters. The Morgan fingerprint density at radius 1 is 1.30 bits per heavy atom. The van der Waals surface area contributed by atoms with Gasteiger partial charge < -0.3 is 4.90 Å². The van der Waals surface area contributed by atoms with Gasteiger partial charge in [0.25, 0.3) is 0 Å². The first-order valence-corrected chi connectivity index (χ1v) is 10.6. The summed E-state index contributed by atoms with van der Waals surface area (Å²) in [6, 6.07) is 1.95. The molecule has 3 N–H and O–H groups in total. The highest BCUT2D eigenvalue weighted by Gasteiger charge is 2.21. The average molecular weight is 422 g/mol. The molecule has 0 aliphatic carbocycles. The fraction of sp³-hybridized carbons (Fsp3) is 0.700. The Morgan fingerprint density at radius 3 is 2.70 bits per heavy atom. The smallest absolute Gasteiger partial charge is 0.243 e. The minimum atomic E-state index is -0.520. The molecule has 10 heteroatoms. The SMILES string of the molecule is CCCCC[C@@H](CN(O)C=O)C(=O)NNc1nc(C)cc(CN2CCN(C)CC2)n1. The van der Waals surface area contributed by atoms with E-state index in [1.165, 1.54) is 0 Å². The standard InChI is InChI=1S/C20H35N7O3/c1-4-5-6-7-17(13-27(30)15-28)19(29)23-24-20-21-16(2)12-18(22-20)14-26-10-8-25(3)9-11-26/h12,15,17,30H,4-11,13-14H2,1-3H3,(H,23,29)(H,21,22,24)/t17-/m0/s1. The van der Waals surface area contributed by atoms with Gasteiger partial charge in [0.05, 0.1) is 18.2 Å². The largest absolute Gasteiger partial charge is 0.304 e. The highest BCUT2D eigenvalue weighted by atomic mass is 16.5. The predicted octanol–water partition coefficient (Wildman–Crippen LogP) is 1.02. The lowest BCUT2D eigenvalue weighted by molar-refractivity contribution is -0.154. The summed E-state index contributed by atoms with van der Waals surface area (Å²) in [6.07, 6.45) is 3.74. The third kappa shape index (κ3) is 8.21. The van der Waals surface area contributed by atoms with E-state index >= 15 is 0 Å². The van der Waals surface area contributed by atoms with Crippen molar-refractivity contribution >= 4 is 18.3 Å². The number of hydroxylamine groups is 2. The van der Waals surface area contributed by atoms with Gasteiger partial charge in [0, 0.05) is 38.4 Å². The van der Waals surface area contributed by atoms with Crippen LogP contribution in [0.1, 0.15) is 44.0 Å². The van der Waals surface area contributed by atoms with Gasteiger partial charge in [-0.3, -0.25) is 30.5 Å². The molecule has 2 amide bonds. The summed E-state index contributed by atoms with van der Waals surface area (Å²) in [5.41, 5.74) is 7.13. The van der Waals surface area contributed by atoms with Crippen molar-refractivity contribution in [2.75, 3.05) is 45.2 Å². The van der Waals surface area contributed by atoms with E-state index in [1.807, 2.05) is 13.0 Å². The number of piperazine rings is 1. The minimum Gasteiger partial charge on any atom is -0.304 e. The van der Waals surface area contributed by atoms with Crippen LogP contribution in [0, 0.1) is 12.8 Å². The Hall–Kier alpha value is -2.30. The molecule has 0 spiro atoms. The zero-order chi connectivity index (χ0) is 21.9. The van der Waals surface area contributed by atoms with E-state index in [0.29, 0.717) is 23.8 Å². The van der Waals surface area contributed by atoms with Gasteiger partial charge >= 0.3 is 0 Å². The number of anilines is 1. The molecule has 0 aromatic carbocycles. The Morgan fingerprint density at radius 2 is 2.03 bits per heavy atom. The normalized spacial score (nSPS) is 16.1. The number of nitrogens with zero attached hydrogens (tertiary/aromatic N) is 5. The lowest BCUT2D eigenvalue weighted by Crippen LogP contribution is -2.44. The van der Waals surface area contributed by atoms with Gasteiger partial charge in [-0.05, 0) is 26.5 Å². The summed E-state index contributed by atoms with van der Waals surface area (Å²) in [5.74, 6) is -0.498. The second-order valence-corrected chi connectivity index (χ2v) is 7.94. The zero-order valence-electron chi connectivity index (χ0n) is 18.3. The van der Waals surface area contributed by atoms with E-state index in [-0.39, 0.29) is 12.5 Å². The third-order valence-corrected chi connectivity index (χ3v) is 5.24. The highest BCUT2D eigenvalue weighted by Crippen LogP contribution is 2.13. The highest BCUT2D eigenvalue weighted by molar-refractivity contribution is 5.80. The summed E-state index contributed by atoms with van der Waals surface area (Å²) in [6.45, 7) is 8.71. The van der Waals surface area contributed by atoms with Crippen LogP contribution in [0.15, 0.2) is 6.07 Å². The van der Waals surface area contributed by atoms with E-state index in [2.05, 4.69) is 44.6 Å². The van der Waals surface area contributed by atoms with E-state index in [4.69, 9.17) is 0 Å². The molecule has 0 radical (unpaired) electrons. The van der Waals surface area contributed by atoms with Crippen molar-refractivity contribution < 1.29 is 14.8 Å². The van der Waals surface area contributed by atoms with Gasteiger partial charge in [0.15, 0.2) is 0 Å². The van der Waals surface area contributed by atoms with E-state index in [1.54, 1.807) is 0 Å². The summed E-state index contributed by atoms with van der Waals surface area (Å²) in [7, 11) is 2.12. The van der Waals surface area contributed by atoms with Gasteiger partial charge in [0.1, 0.15) is 0 Å². The first-order chi connectivity index (χ1) is 14.4.